The van der Waals surface area contributed by atoms with Crippen molar-refractivity contribution in [3.8, 4) is 0 Å². The first-order valence-electron chi connectivity index (χ1n) is 7.89. The molecule has 1 aliphatic rings. The van der Waals surface area contributed by atoms with Crippen LogP contribution < -0.4 is 16.0 Å². The summed E-state index contributed by atoms with van der Waals surface area (Å²) in [4.78, 5) is 23.2. The average molecular weight is 283 g/mol. The van der Waals surface area contributed by atoms with Crippen LogP contribution in [0.25, 0.3) is 0 Å². The van der Waals surface area contributed by atoms with Crippen molar-refractivity contribution >= 4 is 11.9 Å². The highest BCUT2D eigenvalue weighted by Crippen LogP contribution is 2.25. The molecular weight excluding hydrogens is 254 g/mol. The van der Waals surface area contributed by atoms with Gasteiger partial charge in [0.1, 0.15) is 0 Å². The lowest BCUT2D eigenvalue weighted by Crippen LogP contribution is -2.51. The second-order valence-electron chi connectivity index (χ2n) is 5.78. The number of carbonyl (C=O) groups excluding carboxylic acids is 2. The highest BCUT2D eigenvalue weighted by Gasteiger charge is 2.23. The summed E-state index contributed by atoms with van der Waals surface area (Å²) in [5.41, 5.74) is 0. The Morgan fingerprint density at radius 3 is 2.25 bits per heavy atom. The molecule has 5 nitrogen and oxygen atoms in total. The van der Waals surface area contributed by atoms with Crippen LogP contribution in [0.3, 0.4) is 0 Å². The van der Waals surface area contributed by atoms with Crippen LogP contribution in [0.4, 0.5) is 4.79 Å². The summed E-state index contributed by atoms with van der Waals surface area (Å²) < 4.78 is 0. The molecule has 0 radical (unpaired) electrons. The van der Waals surface area contributed by atoms with E-state index in [1.807, 2.05) is 13.8 Å². The summed E-state index contributed by atoms with van der Waals surface area (Å²) in [5, 5.41) is 8.24. The molecule has 0 aromatic heterocycles. The molecule has 3 N–H and O–H groups in total. The zero-order valence-electron chi connectivity index (χ0n) is 13.0. The van der Waals surface area contributed by atoms with Gasteiger partial charge in [0, 0.05) is 12.6 Å². The van der Waals surface area contributed by atoms with Crippen molar-refractivity contribution in [3.05, 3.63) is 0 Å². The van der Waals surface area contributed by atoms with Gasteiger partial charge in [-0.25, -0.2) is 4.79 Å². The van der Waals surface area contributed by atoms with Crippen molar-refractivity contribution in [3.63, 3.8) is 0 Å². The lowest BCUT2D eigenvalue weighted by Gasteiger charge is -2.26. The Hall–Kier alpha value is -1.10. The quantitative estimate of drug-likeness (QED) is 0.677. The number of hydrogen-bond acceptors (Lipinski definition) is 3. The fourth-order valence-electron chi connectivity index (χ4n) is 2.84. The van der Waals surface area contributed by atoms with E-state index in [0.29, 0.717) is 18.5 Å². The van der Waals surface area contributed by atoms with Crippen molar-refractivity contribution in [2.24, 2.45) is 5.92 Å². The van der Waals surface area contributed by atoms with E-state index >= 15 is 0 Å². The molecule has 3 amide bonds. The third-order valence-corrected chi connectivity index (χ3v) is 4.09. The van der Waals surface area contributed by atoms with Crippen LogP contribution in [0, 0.1) is 5.92 Å². The number of amides is 3. The summed E-state index contributed by atoms with van der Waals surface area (Å²) in [6.45, 7) is 6.28. The van der Waals surface area contributed by atoms with Gasteiger partial charge in [-0.15, -0.1) is 0 Å². The van der Waals surface area contributed by atoms with E-state index in [2.05, 4.69) is 22.9 Å². The van der Waals surface area contributed by atoms with Crippen LogP contribution in [-0.2, 0) is 4.79 Å². The second-order valence-corrected chi connectivity index (χ2v) is 5.78. The monoisotopic (exact) mass is 283 g/mol. The zero-order valence-corrected chi connectivity index (χ0v) is 13.0. The summed E-state index contributed by atoms with van der Waals surface area (Å²) in [6, 6.07) is -0.466. The molecule has 1 fully saturated rings. The zero-order chi connectivity index (χ0) is 15.0. The van der Waals surface area contributed by atoms with Crippen molar-refractivity contribution in [2.45, 2.75) is 71.4 Å². The lowest BCUT2D eigenvalue weighted by atomic mass is 9.92. The van der Waals surface area contributed by atoms with Crippen LogP contribution in [0.2, 0.25) is 0 Å². The van der Waals surface area contributed by atoms with Gasteiger partial charge in [0.15, 0.2) is 0 Å². The van der Waals surface area contributed by atoms with Gasteiger partial charge in [0.05, 0.1) is 6.04 Å². The van der Waals surface area contributed by atoms with Gasteiger partial charge in [-0.3, -0.25) is 10.1 Å². The molecule has 0 aromatic carbocycles. The first-order chi connectivity index (χ1) is 9.54. The number of urea groups is 1. The normalized spacial score (nSPS) is 19.8. The Morgan fingerprint density at radius 2 is 1.70 bits per heavy atom. The highest BCUT2D eigenvalue weighted by molar-refractivity contribution is 5.96. The molecule has 0 spiro atoms. The Balaban J connectivity index is 2.37. The predicted molar refractivity (Wildman–Crippen MR) is 80.5 cm³/mol. The molecule has 116 valence electrons. The van der Waals surface area contributed by atoms with E-state index in [4.69, 9.17) is 0 Å². The van der Waals surface area contributed by atoms with Crippen LogP contribution in [0.15, 0.2) is 0 Å². The fraction of sp³-hybridized carbons (Fsp3) is 0.867. The number of nitrogens with one attached hydrogen (secondary N) is 3. The van der Waals surface area contributed by atoms with Gasteiger partial charge in [-0.1, -0.05) is 25.7 Å². The highest BCUT2D eigenvalue weighted by atomic mass is 16.2. The van der Waals surface area contributed by atoms with Gasteiger partial charge < -0.3 is 10.6 Å². The maximum atomic E-state index is 11.9. The van der Waals surface area contributed by atoms with Crippen LogP contribution in [0.1, 0.15) is 59.3 Å². The standard InChI is InChI=1S/C15H29N3O2/c1-4-16-15(20)18-14(19)12(3)17-11(2)13-9-7-5-6-8-10-13/h11-13,17H,4-10H2,1-3H3,(H2,16,18,19,20)/t11-,12?/m1/s1. The predicted octanol–water partition coefficient (Wildman–Crippen LogP) is 2.17. The van der Waals surface area contributed by atoms with E-state index < -0.39 is 6.03 Å². The average Bonchev–Trinajstić information content (AvgIpc) is 2.67. The van der Waals surface area contributed by atoms with Gasteiger partial charge in [0.2, 0.25) is 5.91 Å². The molecular formula is C15H29N3O2. The Morgan fingerprint density at radius 1 is 1.10 bits per heavy atom. The van der Waals surface area contributed by atoms with Crippen molar-refractivity contribution in [1.82, 2.24) is 16.0 Å². The third kappa shape index (κ3) is 5.90. The van der Waals surface area contributed by atoms with Gasteiger partial charge >= 0.3 is 6.03 Å². The Kier molecular flexibility index (Phi) is 7.59. The molecule has 1 saturated carbocycles. The summed E-state index contributed by atoms with van der Waals surface area (Å²) in [6.07, 6.45) is 7.71. The third-order valence-electron chi connectivity index (χ3n) is 4.09. The number of carbonyl (C=O) groups is 2. The van der Waals surface area contributed by atoms with Gasteiger partial charge in [-0.05, 0) is 39.5 Å². The molecule has 2 atom stereocenters. The van der Waals surface area contributed by atoms with E-state index in [0.717, 1.165) is 0 Å². The fourth-order valence-corrected chi connectivity index (χ4v) is 2.84. The van der Waals surface area contributed by atoms with Crippen LogP contribution in [0.5, 0.6) is 0 Å². The maximum Gasteiger partial charge on any atom is 0.321 e. The lowest BCUT2D eigenvalue weighted by molar-refractivity contribution is -0.121. The van der Waals surface area contributed by atoms with E-state index in [-0.39, 0.29) is 11.9 Å². The Labute approximate surface area is 122 Å². The van der Waals surface area contributed by atoms with E-state index in [1.165, 1.54) is 38.5 Å². The molecule has 1 rings (SSSR count). The summed E-state index contributed by atoms with van der Waals surface area (Å²) in [7, 11) is 0. The molecule has 20 heavy (non-hydrogen) atoms. The largest absolute Gasteiger partial charge is 0.338 e. The molecule has 0 aliphatic heterocycles. The topological polar surface area (TPSA) is 70.2 Å². The first kappa shape index (κ1) is 17.0. The molecule has 0 heterocycles. The van der Waals surface area contributed by atoms with Crippen LogP contribution >= 0.6 is 0 Å². The van der Waals surface area contributed by atoms with Crippen molar-refractivity contribution in [2.75, 3.05) is 6.54 Å². The number of hydrogen-bond donors (Lipinski definition) is 3. The summed E-state index contributed by atoms with van der Waals surface area (Å²) in [5.74, 6) is 0.369. The van der Waals surface area contributed by atoms with Crippen molar-refractivity contribution in [1.29, 1.82) is 0 Å². The summed E-state index contributed by atoms with van der Waals surface area (Å²) >= 11 is 0. The van der Waals surface area contributed by atoms with Gasteiger partial charge in [-0.2, -0.15) is 0 Å². The van der Waals surface area contributed by atoms with Crippen molar-refractivity contribution < 1.29 is 9.59 Å². The smallest absolute Gasteiger partial charge is 0.321 e. The minimum atomic E-state index is -0.423. The SMILES string of the molecule is CCNC(=O)NC(=O)C(C)N[C@H](C)C1CCCCCC1. The molecule has 5 heteroatoms. The second kappa shape index (κ2) is 8.95. The molecule has 0 aromatic rings. The van der Waals surface area contributed by atoms with Gasteiger partial charge in [0.25, 0.3) is 0 Å². The first-order valence-corrected chi connectivity index (χ1v) is 7.89. The van der Waals surface area contributed by atoms with E-state index in [1.54, 1.807) is 0 Å². The number of imide groups is 1. The molecule has 1 unspecified atom stereocenters. The number of rotatable bonds is 5. The minimum Gasteiger partial charge on any atom is -0.338 e. The molecule has 0 bridgehead atoms. The van der Waals surface area contributed by atoms with E-state index in [9.17, 15) is 9.59 Å². The molecule has 0 saturated heterocycles. The Bertz CT molecular complexity index is 312. The molecule has 1 aliphatic carbocycles. The van der Waals surface area contributed by atoms with Crippen LogP contribution in [-0.4, -0.2) is 30.6 Å². The maximum absolute atomic E-state index is 11.9. The minimum absolute atomic E-state index is 0.267.